The lowest BCUT2D eigenvalue weighted by Gasteiger charge is -2.11. The zero-order valence-corrected chi connectivity index (χ0v) is 20.3. The summed E-state index contributed by atoms with van der Waals surface area (Å²) in [5.74, 6) is 5.92. The van der Waals surface area contributed by atoms with Crippen LogP contribution >= 0.6 is 0 Å². The van der Waals surface area contributed by atoms with Gasteiger partial charge in [0.15, 0.2) is 11.5 Å². The highest BCUT2D eigenvalue weighted by Gasteiger charge is 2.23. The number of amides is 1. The molecule has 1 aromatic carbocycles. The molecule has 0 radical (unpaired) electrons. The molecular formula is C27H31N5O3. The Hall–Kier alpha value is -3.86. The predicted molar refractivity (Wildman–Crippen MR) is 135 cm³/mol. The first-order valence-electron chi connectivity index (χ1n) is 12.1. The molecule has 1 aliphatic carbocycles. The summed E-state index contributed by atoms with van der Waals surface area (Å²) in [6.45, 7) is 6.66. The number of benzene rings is 1. The normalized spacial score (nSPS) is 13.8. The number of aromatic nitrogens is 3. The molecule has 1 aliphatic rings. The number of nitrogens with one attached hydrogen (secondary N) is 2. The fraction of sp³-hybridized carbons (Fsp3) is 0.407. The van der Waals surface area contributed by atoms with Crippen LogP contribution in [0.4, 0.5) is 5.82 Å². The number of carboxylic acids is 1. The number of fused-ring (bicyclic) bond motifs is 1. The Kier molecular flexibility index (Phi) is 7.35. The Morgan fingerprint density at radius 3 is 2.60 bits per heavy atom. The van der Waals surface area contributed by atoms with Crippen LogP contribution in [0.3, 0.4) is 0 Å². The van der Waals surface area contributed by atoms with Crippen LogP contribution in [0.25, 0.3) is 16.9 Å². The largest absolute Gasteiger partial charge is 0.481 e. The number of rotatable bonds is 9. The Bertz CT molecular complexity index is 1280. The number of imidazole rings is 1. The van der Waals surface area contributed by atoms with Crippen molar-refractivity contribution >= 4 is 23.3 Å². The lowest BCUT2D eigenvalue weighted by atomic mass is 10.1. The van der Waals surface area contributed by atoms with Crippen molar-refractivity contribution in [2.45, 2.75) is 52.5 Å². The summed E-state index contributed by atoms with van der Waals surface area (Å²) < 4.78 is 1.96. The molecule has 0 spiro atoms. The maximum absolute atomic E-state index is 12.3. The van der Waals surface area contributed by atoms with Gasteiger partial charge in [0.05, 0.1) is 17.8 Å². The van der Waals surface area contributed by atoms with E-state index in [9.17, 15) is 9.59 Å². The number of hydrogen-bond donors (Lipinski definition) is 3. The molecule has 2 aromatic heterocycles. The van der Waals surface area contributed by atoms with Crippen molar-refractivity contribution in [2.24, 2.45) is 11.8 Å². The third-order valence-corrected chi connectivity index (χ3v) is 5.87. The van der Waals surface area contributed by atoms with Gasteiger partial charge in [-0.15, -0.1) is 0 Å². The predicted octanol–water partition coefficient (Wildman–Crippen LogP) is 4.21. The van der Waals surface area contributed by atoms with E-state index in [4.69, 9.17) is 5.11 Å². The van der Waals surface area contributed by atoms with Gasteiger partial charge in [0.2, 0.25) is 0 Å². The molecule has 8 heteroatoms. The summed E-state index contributed by atoms with van der Waals surface area (Å²) in [5.41, 5.74) is 3.70. The second-order valence-electron chi connectivity index (χ2n) is 9.49. The van der Waals surface area contributed by atoms with Crippen molar-refractivity contribution in [1.82, 2.24) is 19.7 Å². The van der Waals surface area contributed by atoms with Gasteiger partial charge in [0.25, 0.3) is 5.91 Å². The molecule has 0 bridgehead atoms. The molecule has 0 aliphatic heterocycles. The van der Waals surface area contributed by atoms with Gasteiger partial charge >= 0.3 is 5.97 Å². The zero-order valence-electron chi connectivity index (χ0n) is 20.3. The first-order valence-corrected chi connectivity index (χ1v) is 12.1. The molecule has 3 N–H and O–H groups in total. The molecule has 2 heterocycles. The first-order chi connectivity index (χ1) is 16.8. The van der Waals surface area contributed by atoms with Crippen molar-refractivity contribution in [2.75, 3.05) is 11.9 Å². The standard InChI is InChI=1S/C27H31N5O3/c1-17(2)14-28-24-25-29-15-23(19-8-10-20(11-9-19)26(33)31-21-12-13-21)32(25)16-22(30-24)7-5-4-6-18(3)27(34)35/h8-11,15-18,21H,4,6,12-14H2,1-3H3,(H,28,30)(H,31,33)(H,34,35). The highest BCUT2D eigenvalue weighted by Crippen LogP contribution is 2.25. The van der Waals surface area contributed by atoms with Gasteiger partial charge in [0.1, 0.15) is 5.69 Å². The molecular weight excluding hydrogens is 442 g/mol. The highest BCUT2D eigenvalue weighted by molar-refractivity contribution is 5.95. The van der Waals surface area contributed by atoms with Crippen LogP contribution in [-0.2, 0) is 4.79 Å². The van der Waals surface area contributed by atoms with Gasteiger partial charge in [-0.05, 0) is 43.2 Å². The molecule has 0 saturated heterocycles. The van der Waals surface area contributed by atoms with E-state index in [1.165, 1.54) is 0 Å². The van der Waals surface area contributed by atoms with Crippen LogP contribution in [0.2, 0.25) is 0 Å². The fourth-order valence-electron chi connectivity index (χ4n) is 3.54. The SMILES string of the molecule is CC(C)CNc1nc(C#CCCC(C)C(=O)O)cn2c(-c3ccc(C(=O)NC4CC4)cc3)cnc12. The van der Waals surface area contributed by atoms with E-state index in [-0.39, 0.29) is 5.91 Å². The molecule has 182 valence electrons. The van der Waals surface area contributed by atoms with E-state index in [1.807, 2.05) is 34.9 Å². The number of carboxylic acid groups (broad SMARTS) is 1. The molecule has 35 heavy (non-hydrogen) atoms. The van der Waals surface area contributed by atoms with Gasteiger partial charge < -0.3 is 15.7 Å². The molecule has 1 saturated carbocycles. The molecule has 1 amide bonds. The molecule has 1 fully saturated rings. The molecule has 4 rings (SSSR count). The van der Waals surface area contributed by atoms with E-state index < -0.39 is 11.9 Å². The Labute approximate surface area is 205 Å². The number of nitrogens with zero attached hydrogens (tertiary/aromatic N) is 3. The van der Waals surface area contributed by atoms with E-state index in [0.29, 0.717) is 47.5 Å². The Balaban J connectivity index is 1.63. The van der Waals surface area contributed by atoms with Gasteiger partial charge in [-0.2, -0.15) is 0 Å². The summed E-state index contributed by atoms with van der Waals surface area (Å²) in [6, 6.07) is 7.82. The summed E-state index contributed by atoms with van der Waals surface area (Å²) in [5, 5.41) is 15.4. The number of aliphatic carboxylic acids is 1. The van der Waals surface area contributed by atoms with Gasteiger partial charge in [-0.1, -0.05) is 38.8 Å². The van der Waals surface area contributed by atoms with Crippen LogP contribution < -0.4 is 10.6 Å². The van der Waals surface area contributed by atoms with Crippen LogP contribution in [0, 0.1) is 23.7 Å². The minimum Gasteiger partial charge on any atom is -0.481 e. The Morgan fingerprint density at radius 2 is 1.94 bits per heavy atom. The second-order valence-corrected chi connectivity index (χ2v) is 9.49. The summed E-state index contributed by atoms with van der Waals surface area (Å²) in [6.07, 6.45) is 6.71. The van der Waals surface area contributed by atoms with E-state index in [0.717, 1.165) is 30.6 Å². The smallest absolute Gasteiger partial charge is 0.306 e. The second kappa shape index (κ2) is 10.6. The lowest BCUT2D eigenvalue weighted by Crippen LogP contribution is -2.25. The molecule has 8 nitrogen and oxygen atoms in total. The minimum absolute atomic E-state index is 0.0451. The zero-order chi connectivity index (χ0) is 24.9. The summed E-state index contributed by atoms with van der Waals surface area (Å²) in [4.78, 5) is 32.6. The van der Waals surface area contributed by atoms with Crippen molar-refractivity contribution < 1.29 is 14.7 Å². The highest BCUT2D eigenvalue weighted by atomic mass is 16.4. The van der Waals surface area contributed by atoms with E-state index in [2.05, 4.69) is 46.3 Å². The van der Waals surface area contributed by atoms with E-state index >= 15 is 0 Å². The van der Waals surface area contributed by atoms with Crippen molar-refractivity contribution in [1.29, 1.82) is 0 Å². The first kappa shape index (κ1) is 24.3. The number of anilines is 1. The van der Waals surface area contributed by atoms with Crippen molar-refractivity contribution in [3.05, 3.63) is 47.9 Å². The number of carbonyl (C=O) groups is 2. The maximum atomic E-state index is 12.3. The topological polar surface area (TPSA) is 109 Å². The minimum atomic E-state index is -0.814. The quantitative estimate of drug-likeness (QED) is 0.402. The summed E-state index contributed by atoms with van der Waals surface area (Å²) in [7, 11) is 0. The average molecular weight is 474 g/mol. The van der Waals surface area contributed by atoms with Crippen LogP contribution in [0.5, 0.6) is 0 Å². The molecule has 1 atom stereocenters. The van der Waals surface area contributed by atoms with Gasteiger partial charge in [-0.25, -0.2) is 9.97 Å². The number of carbonyl (C=O) groups excluding carboxylic acids is 1. The summed E-state index contributed by atoms with van der Waals surface area (Å²) >= 11 is 0. The average Bonchev–Trinajstić information content (AvgIpc) is 3.55. The third kappa shape index (κ3) is 6.18. The molecule has 1 unspecified atom stereocenters. The maximum Gasteiger partial charge on any atom is 0.306 e. The van der Waals surface area contributed by atoms with Crippen molar-refractivity contribution in [3.63, 3.8) is 0 Å². The number of hydrogen-bond acceptors (Lipinski definition) is 5. The lowest BCUT2D eigenvalue weighted by molar-refractivity contribution is -0.141. The van der Waals surface area contributed by atoms with Crippen LogP contribution in [0.1, 0.15) is 62.5 Å². The Morgan fingerprint density at radius 1 is 1.20 bits per heavy atom. The van der Waals surface area contributed by atoms with Gasteiger partial charge in [-0.3, -0.25) is 14.0 Å². The monoisotopic (exact) mass is 473 g/mol. The fourth-order valence-corrected chi connectivity index (χ4v) is 3.54. The van der Waals surface area contributed by atoms with Gasteiger partial charge in [0, 0.05) is 36.3 Å². The third-order valence-electron chi connectivity index (χ3n) is 5.87. The van der Waals surface area contributed by atoms with E-state index in [1.54, 1.807) is 13.1 Å². The van der Waals surface area contributed by atoms with Crippen LogP contribution in [0.15, 0.2) is 36.7 Å². The van der Waals surface area contributed by atoms with Crippen LogP contribution in [-0.4, -0.2) is 43.9 Å². The van der Waals surface area contributed by atoms with Crippen molar-refractivity contribution in [3.8, 4) is 23.1 Å². The molecule has 3 aromatic rings.